The molecule has 1 heterocycles. The minimum absolute atomic E-state index is 0.0551. The van der Waals surface area contributed by atoms with Gasteiger partial charge in [0.2, 0.25) is 5.78 Å². The number of carbonyl (C=O) groups excluding carboxylic acids is 1. The molecule has 0 saturated carbocycles. The van der Waals surface area contributed by atoms with Gasteiger partial charge in [0, 0.05) is 11.6 Å². The van der Waals surface area contributed by atoms with Crippen LogP contribution in [0.4, 0.5) is 4.39 Å². The first-order valence-corrected chi connectivity index (χ1v) is 6.91. The fourth-order valence-electron chi connectivity index (χ4n) is 1.73. The van der Waals surface area contributed by atoms with Crippen molar-refractivity contribution in [3.8, 4) is 0 Å². The summed E-state index contributed by atoms with van der Waals surface area (Å²) in [5.74, 6) is -1.11. The van der Waals surface area contributed by atoms with E-state index < -0.39 is 11.6 Å². The molecule has 1 aromatic heterocycles. The number of ketones is 1. The summed E-state index contributed by atoms with van der Waals surface area (Å²) in [5, 5.41) is 4.19. The molecule has 0 unspecified atom stereocenters. The molecule has 0 N–H and O–H groups in total. The van der Waals surface area contributed by atoms with E-state index in [0.29, 0.717) is 17.6 Å². The van der Waals surface area contributed by atoms with Gasteiger partial charge in [0.05, 0.1) is 29.9 Å². The number of benzene rings is 1. The van der Waals surface area contributed by atoms with Gasteiger partial charge in [0.1, 0.15) is 11.5 Å². The molecular weight excluding hydrogens is 351 g/mol. The van der Waals surface area contributed by atoms with Crippen LogP contribution >= 0.6 is 27.5 Å². The Morgan fingerprint density at radius 2 is 2.30 bits per heavy atom. The lowest BCUT2D eigenvalue weighted by Gasteiger charge is -2.08. The maximum Gasteiger partial charge on any atom is 0.215 e. The average molecular weight is 362 g/mol. The summed E-state index contributed by atoms with van der Waals surface area (Å²) in [6.07, 6.45) is 1.36. The molecule has 4 nitrogen and oxygen atoms in total. The predicted octanol–water partition coefficient (Wildman–Crippen LogP) is 3.32. The zero-order chi connectivity index (χ0) is 14.7. The Kier molecular flexibility index (Phi) is 4.91. The summed E-state index contributed by atoms with van der Waals surface area (Å²) in [6, 6.07) is 4.17. The summed E-state index contributed by atoms with van der Waals surface area (Å²) in [4.78, 5) is 12.4. The van der Waals surface area contributed by atoms with E-state index in [1.165, 1.54) is 29.1 Å². The molecule has 7 heteroatoms. The van der Waals surface area contributed by atoms with Crippen molar-refractivity contribution in [1.29, 1.82) is 0 Å². The van der Waals surface area contributed by atoms with Crippen LogP contribution in [0.1, 0.15) is 16.1 Å². The maximum atomic E-state index is 13.8. The fourth-order valence-corrected chi connectivity index (χ4v) is 2.32. The van der Waals surface area contributed by atoms with Crippen molar-refractivity contribution in [2.45, 2.75) is 6.54 Å². The SMILES string of the molecule is COCCn1ncc(Cl)c1C(=O)c1cc(Br)ccc1F. The zero-order valence-electron chi connectivity index (χ0n) is 10.6. The van der Waals surface area contributed by atoms with Crippen LogP contribution in [0.5, 0.6) is 0 Å². The molecule has 0 aliphatic carbocycles. The van der Waals surface area contributed by atoms with Crippen LogP contribution in [0.3, 0.4) is 0 Å². The van der Waals surface area contributed by atoms with Crippen LogP contribution in [0.2, 0.25) is 5.02 Å². The number of rotatable bonds is 5. The first-order chi connectivity index (χ1) is 9.54. The van der Waals surface area contributed by atoms with E-state index >= 15 is 0 Å². The molecule has 2 rings (SSSR count). The second-order valence-corrected chi connectivity index (χ2v) is 5.33. The molecule has 0 bridgehead atoms. The van der Waals surface area contributed by atoms with E-state index in [1.54, 1.807) is 7.11 Å². The first-order valence-electron chi connectivity index (χ1n) is 5.74. The number of carbonyl (C=O) groups is 1. The predicted molar refractivity (Wildman–Crippen MR) is 76.6 cm³/mol. The van der Waals surface area contributed by atoms with E-state index in [1.807, 2.05) is 0 Å². The number of aromatic nitrogens is 2. The summed E-state index contributed by atoms with van der Waals surface area (Å²) < 4.78 is 20.8. The Balaban J connectivity index is 2.42. The first kappa shape index (κ1) is 15.2. The van der Waals surface area contributed by atoms with E-state index in [2.05, 4.69) is 21.0 Å². The van der Waals surface area contributed by atoms with Crippen molar-refractivity contribution in [1.82, 2.24) is 9.78 Å². The molecule has 0 amide bonds. The van der Waals surface area contributed by atoms with Gasteiger partial charge in [-0.15, -0.1) is 0 Å². The largest absolute Gasteiger partial charge is 0.383 e. The number of halogens is 3. The highest BCUT2D eigenvalue weighted by molar-refractivity contribution is 9.10. The molecule has 20 heavy (non-hydrogen) atoms. The van der Waals surface area contributed by atoms with Crippen LogP contribution in [0, 0.1) is 5.82 Å². The Morgan fingerprint density at radius 1 is 1.55 bits per heavy atom. The molecule has 0 aliphatic heterocycles. The van der Waals surface area contributed by atoms with Gasteiger partial charge in [-0.3, -0.25) is 9.48 Å². The minimum Gasteiger partial charge on any atom is -0.383 e. The highest BCUT2D eigenvalue weighted by Gasteiger charge is 2.22. The number of nitrogens with zero attached hydrogens (tertiary/aromatic N) is 2. The van der Waals surface area contributed by atoms with Crippen molar-refractivity contribution in [3.05, 3.63) is 51.0 Å². The molecule has 0 saturated heterocycles. The lowest BCUT2D eigenvalue weighted by atomic mass is 10.1. The Morgan fingerprint density at radius 3 is 3.00 bits per heavy atom. The van der Waals surface area contributed by atoms with Gasteiger partial charge in [-0.05, 0) is 18.2 Å². The van der Waals surface area contributed by atoms with Gasteiger partial charge < -0.3 is 4.74 Å². The van der Waals surface area contributed by atoms with E-state index in [9.17, 15) is 9.18 Å². The molecule has 0 fully saturated rings. The second kappa shape index (κ2) is 6.47. The Hall–Kier alpha value is -1.24. The molecule has 0 radical (unpaired) electrons. The standard InChI is InChI=1S/C13H11BrClFN2O2/c1-20-5-4-18-12(10(15)7-17-18)13(19)9-6-8(14)2-3-11(9)16/h2-3,6-7H,4-5H2,1H3. The smallest absolute Gasteiger partial charge is 0.215 e. The van der Waals surface area contributed by atoms with Crippen LogP contribution in [0.25, 0.3) is 0 Å². The number of hydrogen-bond donors (Lipinski definition) is 0. The topological polar surface area (TPSA) is 44.1 Å². The van der Waals surface area contributed by atoms with Crippen molar-refractivity contribution >= 4 is 33.3 Å². The normalized spacial score (nSPS) is 10.8. The van der Waals surface area contributed by atoms with E-state index in [-0.39, 0.29) is 16.3 Å². The third-order valence-electron chi connectivity index (χ3n) is 2.69. The Labute approximate surface area is 128 Å². The van der Waals surface area contributed by atoms with Crippen molar-refractivity contribution < 1.29 is 13.9 Å². The Bertz CT molecular complexity index is 645. The van der Waals surface area contributed by atoms with E-state index in [0.717, 1.165) is 0 Å². The van der Waals surface area contributed by atoms with Crippen LogP contribution in [-0.2, 0) is 11.3 Å². The fraction of sp³-hybridized carbons (Fsp3) is 0.231. The summed E-state index contributed by atoms with van der Waals surface area (Å²) in [7, 11) is 1.54. The average Bonchev–Trinajstić information content (AvgIpc) is 2.79. The number of hydrogen-bond acceptors (Lipinski definition) is 3. The third-order valence-corrected chi connectivity index (χ3v) is 3.46. The molecular formula is C13H11BrClFN2O2. The molecule has 0 spiro atoms. The second-order valence-electron chi connectivity index (χ2n) is 4.01. The lowest BCUT2D eigenvalue weighted by molar-refractivity contribution is 0.102. The lowest BCUT2D eigenvalue weighted by Crippen LogP contribution is -2.15. The molecule has 0 aliphatic rings. The summed E-state index contributed by atoms with van der Waals surface area (Å²) >= 11 is 9.19. The van der Waals surface area contributed by atoms with Crippen LogP contribution in [0.15, 0.2) is 28.9 Å². The van der Waals surface area contributed by atoms with Gasteiger partial charge >= 0.3 is 0 Å². The molecule has 0 atom stereocenters. The molecule has 1 aromatic carbocycles. The highest BCUT2D eigenvalue weighted by Crippen LogP contribution is 2.23. The van der Waals surface area contributed by atoms with Crippen molar-refractivity contribution in [3.63, 3.8) is 0 Å². The van der Waals surface area contributed by atoms with Gasteiger partial charge in [0.25, 0.3) is 0 Å². The van der Waals surface area contributed by atoms with Crippen molar-refractivity contribution in [2.75, 3.05) is 13.7 Å². The van der Waals surface area contributed by atoms with Crippen LogP contribution < -0.4 is 0 Å². The van der Waals surface area contributed by atoms with Gasteiger partial charge in [-0.25, -0.2) is 4.39 Å². The van der Waals surface area contributed by atoms with Gasteiger partial charge in [-0.1, -0.05) is 27.5 Å². The quantitative estimate of drug-likeness (QED) is 0.768. The van der Waals surface area contributed by atoms with E-state index in [4.69, 9.17) is 16.3 Å². The maximum absolute atomic E-state index is 13.8. The summed E-state index contributed by atoms with van der Waals surface area (Å²) in [6.45, 7) is 0.735. The van der Waals surface area contributed by atoms with Crippen LogP contribution in [-0.4, -0.2) is 29.3 Å². The zero-order valence-corrected chi connectivity index (χ0v) is 12.9. The van der Waals surface area contributed by atoms with Crippen molar-refractivity contribution in [2.24, 2.45) is 0 Å². The molecule has 106 valence electrons. The highest BCUT2D eigenvalue weighted by atomic mass is 79.9. The monoisotopic (exact) mass is 360 g/mol. The number of methoxy groups -OCH3 is 1. The number of ether oxygens (including phenoxy) is 1. The van der Waals surface area contributed by atoms with Gasteiger partial charge in [0.15, 0.2) is 0 Å². The summed E-state index contributed by atoms with van der Waals surface area (Å²) in [5.41, 5.74) is 0.0983. The molecule has 2 aromatic rings. The third kappa shape index (κ3) is 3.08. The van der Waals surface area contributed by atoms with Gasteiger partial charge in [-0.2, -0.15) is 5.10 Å². The minimum atomic E-state index is -0.603.